The molecule has 11 heteroatoms. The van der Waals surface area contributed by atoms with Crippen LogP contribution in [0.3, 0.4) is 0 Å². The minimum Gasteiger partial charge on any atom is -0.350 e. The number of benzene rings is 4. The molecule has 0 unspecified atom stereocenters. The van der Waals surface area contributed by atoms with Gasteiger partial charge in [-0.05, 0) is 77.9 Å². The number of carbonyl (C=O) groups is 2. The summed E-state index contributed by atoms with van der Waals surface area (Å²) in [6.45, 7) is 1.21. The van der Waals surface area contributed by atoms with Crippen LogP contribution in [0.15, 0.2) is 102 Å². The van der Waals surface area contributed by atoms with Gasteiger partial charge in [0.2, 0.25) is 21.8 Å². The summed E-state index contributed by atoms with van der Waals surface area (Å²) < 4.78 is 41.1. The van der Waals surface area contributed by atoms with Crippen molar-refractivity contribution >= 4 is 45.0 Å². The molecule has 1 aliphatic heterocycles. The van der Waals surface area contributed by atoms with E-state index in [-0.39, 0.29) is 30.3 Å². The molecule has 1 fully saturated rings. The largest absolute Gasteiger partial charge is 0.350 e. The number of amides is 2. The van der Waals surface area contributed by atoms with E-state index in [2.05, 4.69) is 5.32 Å². The highest BCUT2D eigenvalue weighted by Crippen LogP contribution is 2.27. The minimum absolute atomic E-state index is 0.0546. The third-order valence-corrected chi connectivity index (χ3v) is 10.5. The van der Waals surface area contributed by atoms with Crippen LogP contribution in [-0.4, -0.2) is 42.5 Å². The molecule has 5 rings (SSSR count). The lowest BCUT2D eigenvalue weighted by atomic mass is 10.0. The second-order valence-corrected chi connectivity index (χ2v) is 14.0. The van der Waals surface area contributed by atoms with E-state index >= 15 is 0 Å². The summed E-state index contributed by atoms with van der Waals surface area (Å²) in [5.74, 6) is -1.12. The molecule has 0 radical (unpaired) electrons. The average molecular weight is 683 g/mol. The van der Waals surface area contributed by atoms with Crippen molar-refractivity contribution < 1.29 is 22.4 Å². The second-order valence-electron chi connectivity index (χ2n) is 11.2. The monoisotopic (exact) mass is 681 g/mol. The van der Waals surface area contributed by atoms with E-state index in [1.54, 1.807) is 78.9 Å². The van der Waals surface area contributed by atoms with Crippen LogP contribution in [0.4, 0.5) is 4.39 Å². The molecule has 1 heterocycles. The number of sulfonamides is 1. The summed E-state index contributed by atoms with van der Waals surface area (Å²) in [6, 6.07) is 25.4. The van der Waals surface area contributed by atoms with Gasteiger partial charge in [0, 0.05) is 42.6 Å². The highest BCUT2D eigenvalue weighted by molar-refractivity contribution is 7.89. The molecule has 2 amide bonds. The van der Waals surface area contributed by atoms with E-state index in [9.17, 15) is 22.4 Å². The molecule has 0 saturated carbocycles. The third-order valence-electron chi connectivity index (χ3n) is 7.98. The Morgan fingerprint density at radius 3 is 2.17 bits per heavy atom. The molecule has 7 nitrogen and oxygen atoms in total. The first-order chi connectivity index (χ1) is 22.1. The average Bonchev–Trinajstić information content (AvgIpc) is 3.61. The van der Waals surface area contributed by atoms with Gasteiger partial charge in [0.05, 0.1) is 4.90 Å². The van der Waals surface area contributed by atoms with Crippen LogP contribution in [0.5, 0.6) is 0 Å². The molecule has 4 aromatic rings. The van der Waals surface area contributed by atoms with E-state index < -0.39 is 27.8 Å². The van der Waals surface area contributed by atoms with Crippen molar-refractivity contribution in [2.75, 3.05) is 13.1 Å². The number of nitrogens with one attached hydrogen (secondary N) is 1. The molecule has 1 N–H and O–H groups in total. The number of hydrogen-bond acceptors (Lipinski definition) is 4. The van der Waals surface area contributed by atoms with Crippen molar-refractivity contribution in [1.29, 1.82) is 0 Å². The maximum Gasteiger partial charge on any atom is 0.247 e. The molecule has 1 atom stereocenters. The van der Waals surface area contributed by atoms with Crippen molar-refractivity contribution in [3.8, 4) is 0 Å². The van der Waals surface area contributed by atoms with Crippen molar-refractivity contribution in [3.05, 3.63) is 135 Å². The van der Waals surface area contributed by atoms with Gasteiger partial charge in [-0.1, -0.05) is 83.9 Å². The lowest BCUT2D eigenvalue weighted by molar-refractivity contribution is -0.141. The zero-order chi connectivity index (χ0) is 32.7. The Labute approximate surface area is 279 Å². The standard InChI is InChI=1S/C35H34Cl2FN3O4S/c36-29-14-13-28(32(37)22-29)23-39-35(43)34(27-6-2-1-3-7-27)41(24-26-8-15-30(38)16-9-26)33(42)19-12-25-10-17-31(18-11-25)46(44,45)40-20-4-5-21-40/h1-3,6-11,13-18,22,34H,4-5,12,19-21,23-24H2,(H,39,43)/t34-/m0/s1. The van der Waals surface area contributed by atoms with Gasteiger partial charge < -0.3 is 10.2 Å². The minimum atomic E-state index is -3.55. The van der Waals surface area contributed by atoms with Crippen LogP contribution in [0, 0.1) is 5.82 Å². The van der Waals surface area contributed by atoms with Crippen molar-refractivity contribution in [1.82, 2.24) is 14.5 Å². The molecule has 1 saturated heterocycles. The van der Waals surface area contributed by atoms with Gasteiger partial charge in [-0.25, -0.2) is 12.8 Å². The van der Waals surface area contributed by atoms with Crippen LogP contribution in [-0.2, 0) is 39.1 Å². The Morgan fingerprint density at radius 2 is 1.52 bits per heavy atom. The number of halogens is 3. The number of carbonyl (C=O) groups excluding carboxylic acids is 2. The van der Waals surface area contributed by atoms with Crippen LogP contribution in [0.1, 0.15) is 47.6 Å². The number of hydrogen-bond donors (Lipinski definition) is 1. The first-order valence-corrected chi connectivity index (χ1v) is 17.2. The van der Waals surface area contributed by atoms with Gasteiger partial charge in [0.1, 0.15) is 11.9 Å². The third kappa shape index (κ3) is 8.33. The molecule has 4 aromatic carbocycles. The molecule has 46 heavy (non-hydrogen) atoms. The molecular formula is C35H34Cl2FN3O4S. The Morgan fingerprint density at radius 1 is 0.870 bits per heavy atom. The lowest BCUT2D eigenvalue weighted by Crippen LogP contribution is -2.43. The summed E-state index contributed by atoms with van der Waals surface area (Å²) in [7, 11) is -3.55. The van der Waals surface area contributed by atoms with Gasteiger partial charge in [0.25, 0.3) is 0 Å². The molecule has 0 spiro atoms. The number of nitrogens with zero attached hydrogens (tertiary/aromatic N) is 2. The fraction of sp³-hybridized carbons (Fsp3) is 0.257. The molecular weight excluding hydrogens is 648 g/mol. The van der Waals surface area contributed by atoms with E-state index in [0.29, 0.717) is 46.2 Å². The number of aryl methyl sites for hydroxylation is 1. The maximum absolute atomic E-state index is 14.0. The fourth-order valence-corrected chi connectivity index (χ4v) is 7.46. The van der Waals surface area contributed by atoms with E-state index in [0.717, 1.165) is 18.4 Å². The predicted molar refractivity (Wildman–Crippen MR) is 177 cm³/mol. The normalized spacial score (nSPS) is 14.2. The van der Waals surface area contributed by atoms with E-state index in [4.69, 9.17) is 23.2 Å². The lowest BCUT2D eigenvalue weighted by Gasteiger charge is -2.32. The first-order valence-electron chi connectivity index (χ1n) is 15.0. The van der Waals surface area contributed by atoms with Crippen LogP contribution in [0.2, 0.25) is 10.0 Å². The zero-order valence-electron chi connectivity index (χ0n) is 25.0. The predicted octanol–water partition coefficient (Wildman–Crippen LogP) is 6.94. The fourth-order valence-electron chi connectivity index (χ4n) is 5.46. The maximum atomic E-state index is 14.0. The van der Waals surface area contributed by atoms with Gasteiger partial charge in [-0.3, -0.25) is 9.59 Å². The molecule has 1 aliphatic rings. The van der Waals surface area contributed by atoms with Gasteiger partial charge in [0.15, 0.2) is 0 Å². The summed E-state index contributed by atoms with van der Waals surface area (Å²) in [5, 5.41) is 3.80. The van der Waals surface area contributed by atoms with Gasteiger partial charge in [-0.15, -0.1) is 0 Å². The summed E-state index contributed by atoms with van der Waals surface area (Å²) in [4.78, 5) is 29.6. The van der Waals surface area contributed by atoms with Crippen molar-refractivity contribution in [2.24, 2.45) is 0 Å². The Bertz CT molecular complexity index is 1770. The topological polar surface area (TPSA) is 86.8 Å². The second kappa shape index (κ2) is 15.2. The van der Waals surface area contributed by atoms with E-state index in [1.165, 1.54) is 21.3 Å². The number of rotatable bonds is 12. The smallest absolute Gasteiger partial charge is 0.247 e. The summed E-state index contributed by atoms with van der Waals surface area (Å²) in [6.07, 6.45) is 2.08. The Kier molecular flexibility index (Phi) is 11.1. The molecule has 240 valence electrons. The van der Waals surface area contributed by atoms with Crippen molar-refractivity contribution in [3.63, 3.8) is 0 Å². The quantitative estimate of drug-likeness (QED) is 0.176. The van der Waals surface area contributed by atoms with Crippen LogP contribution in [0.25, 0.3) is 0 Å². The van der Waals surface area contributed by atoms with Gasteiger partial charge >= 0.3 is 0 Å². The van der Waals surface area contributed by atoms with Crippen LogP contribution < -0.4 is 5.32 Å². The Hall–Kier alpha value is -3.76. The molecule has 0 aromatic heterocycles. The molecule has 0 bridgehead atoms. The molecule has 0 aliphatic carbocycles. The van der Waals surface area contributed by atoms with Crippen LogP contribution >= 0.6 is 23.2 Å². The van der Waals surface area contributed by atoms with E-state index in [1.807, 2.05) is 6.07 Å². The summed E-state index contributed by atoms with van der Waals surface area (Å²) in [5.41, 5.74) is 2.71. The van der Waals surface area contributed by atoms with Gasteiger partial charge in [-0.2, -0.15) is 4.31 Å². The van der Waals surface area contributed by atoms with Crippen molar-refractivity contribution in [2.45, 2.75) is 49.7 Å². The first kappa shape index (κ1) is 33.6. The Balaban J connectivity index is 1.38. The highest BCUT2D eigenvalue weighted by Gasteiger charge is 2.32. The zero-order valence-corrected chi connectivity index (χ0v) is 27.4. The summed E-state index contributed by atoms with van der Waals surface area (Å²) >= 11 is 12.4. The highest BCUT2D eigenvalue weighted by atomic mass is 35.5. The SMILES string of the molecule is O=C(NCc1ccc(Cl)cc1Cl)[C@H](c1ccccc1)N(Cc1ccc(F)cc1)C(=O)CCc1ccc(S(=O)(=O)N2CCCC2)cc1.